The summed E-state index contributed by atoms with van der Waals surface area (Å²) < 4.78 is 0. The van der Waals surface area contributed by atoms with E-state index in [0.717, 1.165) is 26.2 Å². The van der Waals surface area contributed by atoms with Crippen LogP contribution >= 0.6 is 0 Å². The van der Waals surface area contributed by atoms with Crippen molar-refractivity contribution in [3.8, 4) is 0 Å². The maximum atomic E-state index is 4.24. The molecule has 2 atom stereocenters. The molecule has 92 valence electrons. The zero-order valence-corrected chi connectivity index (χ0v) is 10.3. The number of likely N-dealkylation sites (N-methyl/N-ethyl adjacent to an activating group) is 1. The summed E-state index contributed by atoms with van der Waals surface area (Å²) in [5, 5.41) is 3.48. The third-order valence-corrected chi connectivity index (χ3v) is 3.98. The van der Waals surface area contributed by atoms with Crippen LogP contribution in [0.4, 0.5) is 0 Å². The van der Waals surface area contributed by atoms with Crippen molar-refractivity contribution in [3.63, 3.8) is 0 Å². The molecular formula is C13H20N4. The van der Waals surface area contributed by atoms with Gasteiger partial charge in [0.2, 0.25) is 0 Å². The monoisotopic (exact) mass is 232 g/mol. The molecule has 2 aliphatic rings. The smallest absolute Gasteiger partial charge is 0.0488 e. The summed E-state index contributed by atoms with van der Waals surface area (Å²) in [5.74, 6) is 0. The van der Waals surface area contributed by atoms with Gasteiger partial charge in [0, 0.05) is 57.2 Å². The highest BCUT2D eigenvalue weighted by Gasteiger charge is 2.33. The molecule has 17 heavy (non-hydrogen) atoms. The summed E-state index contributed by atoms with van der Waals surface area (Å²) >= 11 is 0. The van der Waals surface area contributed by atoms with Crippen LogP contribution in [0.5, 0.6) is 0 Å². The van der Waals surface area contributed by atoms with Crippen molar-refractivity contribution in [2.45, 2.75) is 12.1 Å². The van der Waals surface area contributed by atoms with Crippen molar-refractivity contribution in [2.24, 2.45) is 0 Å². The van der Waals surface area contributed by atoms with Crippen molar-refractivity contribution in [2.75, 3.05) is 39.8 Å². The van der Waals surface area contributed by atoms with Gasteiger partial charge in [-0.3, -0.25) is 14.8 Å². The molecule has 0 saturated carbocycles. The first kappa shape index (κ1) is 11.1. The second-order valence-electron chi connectivity index (χ2n) is 5.09. The molecule has 2 aliphatic heterocycles. The lowest BCUT2D eigenvalue weighted by Gasteiger charge is -2.47. The first-order valence-corrected chi connectivity index (χ1v) is 6.39. The van der Waals surface area contributed by atoms with Crippen LogP contribution in [0.3, 0.4) is 0 Å². The largest absolute Gasteiger partial charge is 0.314 e. The van der Waals surface area contributed by atoms with Crippen LogP contribution in [0.2, 0.25) is 0 Å². The van der Waals surface area contributed by atoms with Gasteiger partial charge in [0.15, 0.2) is 0 Å². The van der Waals surface area contributed by atoms with Crippen molar-refractivity contribution < 1.29 is 0 Å². The Morgan fingerprint density at radius 1 is 1.41 bits per heavy atom. The lowest BCUT2D eigenvalue weighted by atomic mass is 10.0. The molecular weight excluding hydrogens is 212 g/mol. The standard InChI is InChI=1S/C13H20N4/c1-16-9-12-8-15-5-6-17(12)10-13(16)11-3-2-4-14-7-11/h2-4,7,12-13,15H,5-6,8-10H2,1H3. The van der Waals surface area contributed by atoms with Gasteiger partial charge in [-0.25, -0.2) is 0 Å². The molecule has 1 N–H and O–H groups in total. The lowest BCUT2D eigenvalue weighted by Crippen LogP contribution is -2.61. The van der Waals surface area contributed by atoms with Gasteiger partial charge in [0.25, 0.3) is 0 Å². The third kappa shape index (κ3) is 2.20. The van der Waals surface area contributed by atoms with E-state index in [1.54, 1.807) is 0 Å². The summed E-state index contributed by atoms with van der Waals surface area (Å²) in [7, 11) is 2.23. The summed E-state index contributed by atoms with van der Waals surface area (Å²) in [6, 6.07) is 5.41. The van der Waals surface area contributed by atoms with E-state index in [2.05, 4.69) is 33.2 Å². The maximum absolute atomic E-state index is 4.24. The van der Waals surface area contributed by atoms with Gasteiger partial charge < -0.3 is 5.32 Å². The molecule has 3 rings (SSSR count). The van der Waals surface area contributed by atoms with Gasteiger partial charge in [-0.15, -0.1) is 0 Å². The number of hydrogen-bond acceptors (Lipinski definition) is 4. The quantitative estimate of drug-likeness (QED) is 0.757. The Bertz CT molecular complexity index is 367. The molecule has 0 aliphatic carbocycles. The topological polar surface area (TPSA) is 31.4 Å². The molecule has 0 aromatic carbocycles. The summed E-state index contributed by atoms with van der Waals surface area (Å²) in [4.78, 5) is 9.32. The van der Waals surface area contributed by atoms with Crippen LogP contribution in [0, 0.1) is 0 Å². The van der Waals surface area contributed by atoms with E-state index < -0.39 is 0 Å². The molecule has 0 spiro atoms. The normalized spacial score (nSPS) is 31.1. The highest BCUT2D eigenvalue weighted by Crippen LogP contribution is 2.26. The molecule has 0 radical (unpaired) electrons. The zero-order chi connectivity index (χ0) is 11.7. The first-order chi connectivity index (χ1) is 8.34. The van der Waals surface area contributed by atoms with Gasteiger partial charge in [-0.05, 0) is 18.7 Å². The molecule has 4 heteroatoms. The molecule has 2 unspecified atom stereocenters. The van der Waals surface area contributed by atoms with E-state index in [0.29, 0.717) is 12.1 Å². The Kier molecular flexibility index (Phi) is 3.09. The van der Waals surface area contributed by atoms with Gasteiger partial charge in [0.05, 0.1) is 0 Å². The minimum atomic E-state index is 0.498. The number of hydrogen-bond donors (Lipinski definition) is 1. The summed E-state index contributed by atoms with van der Waals surface area (Å²) in [6.45, 7) is 5.71. The van der Waals surface area contributed by atoms with Crippen molar-refractivity contribution in [3.05, 3.63) is 30.1 Å². The molecule has 0 bridgehead atoms. The van der Waals surface area contributed by atoms with Crippen molar-refractivity contribution >= 4 is 0 Å². The van der Waals surface area contributed by atoms with Gasteiger partial charge in [-0.2, -0.15) is 0 Å². The summed E-state index contributed by atoms with van der Waals surface area (Å²) in [6.07, 6.45) is 3.85. The zero-order valence-electron chi connectivity index (χ0n) is 10.3. The number of piperazine rings is 2. The van der Waals surface area contributed by atoms with Crippen LogP contribution in [0.1, 0.15) is 11.6 Å². The maximum Gasteiger partial charge on any atom is 0.0488 e. The number of nitrogens with zero attached hydrogens (tertiary/aromatic N) is 3. The molecule has 0 amide bonds. The highest BCUT2D eigenvalue weighted by atomic mass is 15.3. The van der Waals surface area contributed by atoms with Gasteiger partial charge >= 0.3 is 0 Å². The lowest BCUT2D eigenvalue weighted by molar-refractivity contribution is 0.0299. The van der Waals surface area contributed by atoms with Crippen LogP contribution in [0.15, 0.2) is 24.5 Å². The SMILES string of the molecule is CN1CC2CNCCN2CC1c1cccnc1. The predicted octanol–water partition coefficient (Wildman–Crippen LogP) is 0.342. The van der Waals surface area contributed by atoms with Crippen LogP contribution < -0.4 is 5.32 Å². The number of rotatable bonds is 1. The van der Waals surface area contributed by atoms with E-state index >= 15 is 0 Å². The second kappa shape index (κ2) is 4.72. The molecule has 3 heterocycles. The van der Waals surface area contributed by atoms with E-state index in [4.69, 9.17) is 0 Å². The summed E-state index contributed by atoms with van der Waals surface area (Å²) in [5.41, 5.74) is 1.34. The molecule has 4 nitrogen and oxygen atoms in total. The first-order valence-electron chi connectivity index (χ1n) is 6.39. The molecule has 2 fully saturated rings. The second-order valence-corrected chi connectivity index (χ2v) is 5.09. The van der Waals surface area contributed by atoms with E-state index in [1.807, 2.05) is 18.5 Å². The average Bonchev–Trinajstić information content (AvgIpc) is 2.39. The number of pyridine rings is 1. The minimum absolute atomic E-state index is 0.498. The fourth-order valence-corrected chi connectivity index (χ4v) is 2.98. The van der Waals surface area contributed by atoms with Crippen LogP contribution in [-0.2, 0) is 0 Å². The van der Waals surface area contributed by atoms with E-state index in [1.165, 1.54) is 12.1 Å². The number of nitrogens with one attached hydrogen (secondary N) is 1. The third-order valence-electron chi connectivity index (χ3n) is 3.98. The Labute approximate surface area is 103 Å². The van der Waals surface area contributed by atoms with Crippen molar-refractivity contribution in [1.82, 2.24) is 20.1 Å². The number of fused-ring (bicyclic) bond motifs is 1. The number of aromatic nitrogens is 1. The molecule has 2 saturated heterocycles. The highest BCUT2D eigenvalue weighted by molar-refractivity contribution is 5.16. The van der Waals surface area contributed by atoms with Gasteiger partial charge in [0.1, 0.15) is 0 Å². The Hall–Kier alpha value is -0.970. The Morgan fingerprint density at radius 2 is 2.35 bits per heavy atom. The van der Waals surface area contributed by atoms with E-state index in [9.17, 15) is 0 Å². The van der Waals surface area contributed by atoms with Crippen LogP contribution in [0.25, 0.3) is 0 Å². The Balaban J connectivity index is 1.78. The fraction of sp³-hybridized carbons (Fsp3) is 0.615. The Morgan fingerprint density at radius 3 is 3.18 bits per heavy atom. The predicted molar refractivity (Wildman–Crippen MR) is 67.8 cm³/mol. The van der Waals surface area contributed by atoms with Gasteiger partial charge in [-0.1, -0.05) is 6.07 Å². The minimum Gasteiger partial charge on any atom is -0.314 e. The molecule has 1 aromatic rings. The van der Waals surface area contributed by atoms with E-state index in [-0.39, 0.29) is 0 Å². The average molecular weight is 232 g/mol. The van der Waals surface area contributed by atoms with Crippen molar-refractivity contribution in [1.29, 1.82) is 0 Å². The fourth-order valence-electron chi connectivity index (χ4n) is 2.98. The molecule has 1 aromatic heterocycles. The van der Waals surface area contributed by atoms with Crippen LogP contribution in [-0.4, -0.2) is 60.6 Å².